The summed E-state index contributed by atoms with van der Waals surface area (Å²) in [5.41, 5.74) is 15.3. The molecule has 2 aromatic heterocycles. The molecule has 0 bridgehead atoms. The molecule has 0 unspecified atom stereocenters. The van der Waals surface area contributed by atoms with Gasteiger partial charge >= 0.3 is 0 Å². The molecule has 0 radical (unpaired) electrons. The molecule has 0 amide bonds. The van der Waals surface area contributed by atoms with E-state index in [2.05, 4.69) is 193 Å². The minimum absolute atomic E-state index is 0. The normalized spacial score (nSPS) is 12.6. The third kappa shape index (κ3) is 9.68. The monoisotopic (exact) mass is 1170 g/mol. The molecule has 0 N–H and O–H groups in total. The van der Waals surface area contributed by atoms with E-state index in [4.69, 9.17) is 9.72 Å². The van der Waals surface area contributed by atoms with Gasteiger partial charge in [-0.2, -0.15) is 6.07 Å². The van der Waals surface area contributed by atoms with E-state index >= 15 is 8.78 Å². The SMILES string of the molecule is CC(C)c1cc(C(C)C)c(-c2cc(Oc3[c-]c4c(cc3)c3ccccc3n4-c3cc(C(C)(C)C)ccn3)[c-]c(N3[CH-]N(c4c(-c5ccccc5)cccc4-c4cc(F)cc(F)c4)c4ccccc43)c2)c(C(C)C)c1.[Pt]. The molecule has 3 heterocycles. The van der Waals surface area contributed by atoms with E-state index in [9.17, 15) is 0 Å². The van der Waals surface area contributed by atoms with E-state index in [1.54, 1.807) is 0 Å². The molecule has 1 aliphatic heterocycles. The molecule has 10 aromatic rings. The van der Waals surface area contributed by atoms with E-state index in [-0.39, 0.29) is 38.3 Å². The number of halogens is 2. The molecule has 0 spiro atoms. The van der Waals surface area contributed by atoms with Gasteiger partial charge in [-0.25, -0.2) is 13.8 Å². The van der Waals surface area contributed by atoms with Crippen LogP contribution in [0.1, 0.15) is 102 Å². The number of hydrogen-bond donors (Lipinski definition) is 0. The average Bonchev–Trinajstić information content (AvgIpc) is 3.93. The van der Waals surface area contributed by atoms with Gasteiger partial charge in [0.1, 0.15) is 17.5 Å². The van der Waals surface area contributed by atoms with Crippen LogP contribution in [0.5, 0.6) is 11.5 Å². The molecule has 0 fully saturated rings. The summed E-state index contributed by atoms with van der Waals surface area (Å²) in [4.78, 5) is 9.20. The Balaban J connectivity index is 0.00000641. The molecule has 11 rings (SSSR count). The summed E-state index contributed by atoms with van der Waals surface area (Å²) in [5, 5.41) is 2.14. The molecule has 0 saturated heterocycles. The van der Waals surface area contributed by atoms with E-state index in [0.717, 1.165) is 73.1 Å². The van der Waals surface area contributed by atoms with Crippen LogP contribution in [-0.2, 0) is 26.5 Å². The molecular weight excluding hydrogens is 1110 g/mol. The maximum Gasteiger partial charge on any atom is 0.135 e. The predicted molar refractivity (Wildman–Crippen MR) is 301 cm³/mol. The van der Waals surface area contributed by atoms with Gasteiger partial charge < -0.3 is 19.1 Å². The van der Waals surface area contributed by atoms with Gasteiger partial charge in [-0.15, -0.1) is 53.6 Å². The average molecular weight is 1170 g/mol. The summed E-state index contributed by atoms with van der Waals surface area (Å²) in [6.07, 6.45) is 1.89. The van der Waals surface area contributed by atoms with Gasteiger partial charge in [0, 0.05) is 78.5 Å². The molecule has 8 heteroatoms. The number of ether oxygens (including phenoxy) is 1. The summed E-state index contributed by atoms with van der Waals surface area (Å²) < 4.78 is 39.6. The number of rotatable bonds is 11. The first-order valence-electron chi connectivity index (χ1n) is 25.6. The third-order valence-electron chi connectivity index (χ3n) is 14.3. The van der Waals surface area contributed by atoms with Crippen molar-refractivity contribution in [1.82, 2.24) is 9.55 Å². The van der Waals surface area contributed by atoms with Crippen LogP contribution in [0.4, 0.5) is 31.5 Å². The first-order valence-corrected chi connectivity index (χ1v) is 25.6. The fraction of sp³-hybridized carbons (Fsp3) is 0.194. The standard InChI is InChI=1S/C67H59F2N4O.Pt/c1-41(2)45-34-58(42(3)4)65(59(35-45)43(5)6)47-32-51(38-53(33-47)74-52-26-27-57-56-20-13-14-23-60(56)73(63(57)39-52)64-36-48(28-29-70-64)67(7,8)9)71-40-72(62-25-16-15-24-61(62)71)66-54(44-18-11-10-12-19-44)21-17-22-55(66)46-30-49(68)37-50(69)31-46;/h10-37,40-43H,1-9H3;/q-3;. The molecule has 1 aliphatic rings. The van der Waals surface area contributed by atoms with Gasteiger partial charge in [0.2, 0.25) is 0 Å². The van der Waals surface area contributed by atoms with Gasteiger partial charge in [-0.1, -0.05) is 159 Å². The molecule has 0 saturated carbocycles. The van der Waals surface area contributed by atoms with Crippen LogP contribution in [0.25, 0.3) is 61.0 Å². The van der Waals surface area contributed by atoms with Crippen molar-refractivity contribution in [3.8, 4) is 50.7 Å². The van der Waals surface area contributed by atoms with E-state index < -0.39 is 11.6 Å². The van der Waals surface area contributed by atoms with E-state index in [1.165, 1.54) is 39.9 Å². The van der Waals surface area contributed by atoms with Crippen molar-refractivity contribution in [2.45, 2.75) is 85.5 Å². The van der Waals surface area contributed by atoms with Crippen LogP contribution in [0.3, 0.4) is 0 Å². The summed E-state index contributed by atoms with van der Waals surface area (Å²) in [6.45, 7) is 22.3. The number of aromatic nitrogens is 2. The van der Waals surface area contributed by atoms with Crippen LogP contribution in [0, 0.1) is 30.4 Å². The fourth-order valence-corrected chi connectivity index (χ4v) is 10.5. The maximum absolute atomic E-state index is 15.1. The predicted octanol–water partition coefficient (Wildman–Crippen LogP) is 18.9. The van der Waals surface area contributed by atoms with Crippen molar-refractivity contribution < 1.29 is 34.6 Å². The molecule has 5 nitrogen and oxygen atoms in total. The molecule has 0 aliphatic carbocycles. The minimum atomic E-state index is -0.644. The first kappa shape index (κ1) is 51.2. The van der Waals surface area contributed by atoms with Crippen molar-refractivity contribution in [2.24, 2.45) is 0 Å². The first-order chi connectivity index (χ1) is 35.6. The van der Waals surface area contributed by atoms with Crippen LogP contribution in [-0.4, -0.2) is 9.55 Å². The van der Waals surface area contributed by atoms with Crippen molar-refractivity contribution in [3.05, 3.63) is 223 Å². The van der Waals surface area contributed by atoms with Gasteiger partial charge in [0.25, 0.3) is 0 Å². The van der Waals surface area contributed by atoms with Gasteiger partial charge in [-0.05, 0) is 110 Å². The van der Waals surface area contributed by atoms with Crippen molar-refractivity contribution in [1.29, 1.82) is 0 Å². The summed E-state index contributed by atoms with van der Waals surface area (Å²) >= 11 is 0. The number of para-hydroxylation sites is 4. The van der Waals surface area contributed by atoms with Gasteiger partial charge in [0.05, 0.1) is 0 Å². The molecule has 75 heavy (non-hydrogen) atoms. The number of benzene rings is 8. The second-order valence-corrected chi connectivity index (χ2v) is 21.4. The Kier molecular flexibility index (Phi) is 13.9. The van der Waals surface area contributed by atoms with Gasteiger partial charge in [0.15, 0.2) is 0 Å². The summed E-state index contributed by atoms with van der Waals surface area (Å²) in [7, 11) is 0. The molecular formula is C67H59F2N4OPt-3. The Morgan fingerprint density at radius 1 is 0.560 bits per heavy atom. The Morgan fingerprint density at radius 2 is 1.20 bits per heavy atom. The molecule has 8 aromatic carbocycles. The second kappa shape index (κ2) is 20.4. The Labute approximate surface area is 454 Å². The number of anilines is 4. The summed E-state index contributed by atoms with van der Waals surface area (Å²) in [5.74, 6) is 1.36. The Hall–Kier alpha value is -7.34. The number of pyridine rings is 1. The van der Waals surface area contributed by atoms with Crippen LogP contribution >= 0.6 is 0 Å². The third-order valence-corrected chi connectivity index (χ3v) is 14.3. The summed E-state index contributed by atoms with van der Waals surface area (Å²) in [6, 6.07) is 61.3. The number of hydrogen-bond acceptors (Lipinski definition) is 4. The Morgan fingerprint density at radius 3 is 1.87 bits per heavy atom. The topological polar surface area (TPSA) is 33.5 Å². The number of nitrogens with zero attached hydrogens (tertiary/aromatic N) is 4. The van der Waals surface area contributed by atoms with Crippen molar-refractivity contribution in [3.63, 3.8) is 0 Å². The zero-order chi connectivity index (χ0) is 51.6. The van der Waals surface area contributed by atoms with Gasteiger partial charge in [-0.3, -0.25) is 0 Å². The van der Waals surface area contributed by atoms with Crippen LogP contribution < -0.4 is 14.5 Å². The quantitative estimate of drug-likeness (QED) is 0.121. The van der Waals surface area contributed by atoms with E-state index in [0.29, 0.717) is 28.5 Å². The Bertz CT molecular complexity index is 3710. The fourth-order valence-electron chi connectivity index (χ4n) is 10.5. The number of fused-ring (bicyclic) bond motifs is 4. The molecule has 380 valence electrons. The second-order valence-electron chi connectivity index (χ2n) is 21.4. The van der Waals surface area contributed by atoms with Crippen LogP contribution in [0.2, 0.25) is 0 Å². The molecule has 0 atom stereocenters. The zero-order valence-electron chi connectivity index (χ0n) is 43.7. The largest absolute Gasteiger partial charge is 0.509 e. The smallest absolute Gasteiger partial charge is 0.135 e. The maximum atomic E-state index is 15.1. The van der Waals surface area contributed by atoms with Crippen molar-refractivity contribution >= 4 is 44.6 Å². The van der Waals surface area contributed by atoms with E-state index in [1.807, 2.05) is 54.7 Å². The zero-order valence-corrected chi connectivity index (χ0v) is 46.0. The minimum Gasteiger partial charge on any atom is -0.509 e. The van der Waals surface area contributed by atoms with Crippen LogP contribution in [0.15, 0.2) is 170 Å². The van der Waals surface area contributed by atoms with Crippen molar-refractivity contribution in [2.75, 3.05) is 9.80 Å².